The Hall–Kier alpha value is -3.19. The Bertz CT molecular complexity index is 1250. The Morgan fingerprint density at radius 2 is 1.71 bits per heavy atom. The van der Waals surface area contributed by atoms with Crippen molar-refractivity contribution in [3.05, 3.63) is 59.9 Å². The van der Waals surface area contributed by atoms with Gasteiger partial charge in [-0.2, -0.15) is 0 Å². The number of aromatic amines is 2. The van der Waals surface area contributed by atoms with Crippen molar-refractivity contribution in [3.63, 3.8) is 0 Å². The molecule has 4 aromatic rings. The smallest absolute Gasteiger partial charge is 0.138 e. The highest BCUT2D eigenvalue weighted by Gasteiger charge is 2.26. The average Bonchev–Trinajstić information content (AvgIpc) is 3.46. The zero-order chi connectivity index (χ0) is 23.9. The predicted octanol–water partition coefficient (Wildman–Crippen LogP) is 5.23. The first-order valence-corrected chi connectivity index (χ1v) is 12.3. The fourth-order valence-corrected chi connectivity index (χ4v) is 4.97. The molecule has 2 N–H and O–H groups in total. The zero-order valence-electron chi connectivity index (χ0n) is 20.9. The molecule has 1 fully saturated rings. The van der Waals surface area contributed by atoms with Crippen LogP contribution in [0.3, 0.4) is 0 Å². The maximum atomic E-state index is 5.01. The van der Waals surface area contributed by atoms with Crippen LogP contribution in [0.15, 0.2) is 42.9 Å². The molecule has 0 saturated carbocycles. The van der Waals surface area contributed by atoms with Gasteiger partial charge < -0.3 is 14.9 Å². The van der Waals surface area contributed by atoms with E-state index in [0.717, 1.165) is 66.5 Å². The summed E-state index contributed by atoms with van der Waals surface area (Å²) < 4.78 is 0. The number of fused-ring (bicyclic) bond motifs is 1. The molecule has 0 aliphatic carbocycles. The van der Waals surface area contributed by atoms with E-state index in [1.165, 1.54) is 11.3 Å². The maximum absolute atomic E-state index is 5.01. The van der Waals surface area contributed by atoms with Crippen LogP contribution in [0.4, 0.5) is 5.69 Å². The number of rotatable bonds is 5. The lowest BCUT2D eigenvalue weighted by Crippen LogP contribution is -2.47. The second kappa shape index (κ2) is 8.87. The van der Waals surface area contributed by atoms with Crippen molar-refractivity contribution in [1.82, 2.24) is 29.8 Å². The first-order valence-electron chi connectivity index (χ1n) is 12.3. The lowest BCUT2D eigenvalue weighted by Gasteiger charge is -2.39. The second-order valence-corrected chi connectivity index (χ2v) is 10.3. The quantitative estimate of drug-likeness (QED) is 0.429. The standard InChI is InChI=1S/C27H35N7/c1-6-23(21-16-29-18(2)30-21)33-11-13-34(14-12-33)24-17-28-15-22-25(24)32-26(31-22)19-7-9-20(10-8-19)27(3,4)5/h7-10,15-17,23H,6,11-14H2,1-5H3,(H,29,30)(H,31,32). The number of anilines is 1. The number of aryl methyl sites for hydroxylation is 1. The third-order valence-electron chi connectivity index (χ3n) is 6.96. The molecule has 1 saturated heterocycles. The first kappa shape index (κ1) is 22.6. The lowest BCUT2D eigenvalue weighted by molar-refractivity contribution is 0.178. The molecule has 178 valence electrons. The van der Waals surface area contributed by atoms with E-state index in [4.69, 9.17) is 4.98 Å². The van der Waals surface area contributed by atoms with Crippen LogP contribution in [0, 0.1) is 6.92 Å². The number of hydrogen-bond donors (Lipinski definition) is 2. The fraction of sp³-hybridized carbons (Fsp3) is 0.444. The van der Waals surface area contributed by atoms with Crippen molar-refractivity contribution < 1.29 is 0 Å². The largest absolute Gasteiger partial charge is 0.366 e. The van der Waals surface area contributed by atoms with Gasteiger partial charge in [-0.15, -0.1) is 0 Å². The Labute approximate surface area is 201 Å². The van der Waals surface area contributed by atoms with Gasteiger partial charge in [0.25, 0.3) is 0 Å². The Morgan fingerprint density at radius 1 is 0.971 bits per heavy atom. The number of aromatic nitrogens is 5. The van der Waals surface area contributed by atoms with Crippen LogP contribution >= 0.6 is 0 Å². The van der Waals surface area contributed by atoms with Crippen LogP contribution in [0.25, 0.3) is 22.4 Å². The number of pyridine rings is 1. The minimum Gasteiger partial charge on any atom is -0.366 e. The lowest BCUT2D eigenvalue weighted by atomic mass is 9.87. The summed E-state index contributed by atoms with van der Waals surface area (Å²) in [5.74, 6) is 1.87. The molecule has 0 amide bonds. The normalized spacial score (nSPS) is 16.3. The van der Waals surface area contributed by atoms with Crippen LogP contribution in [0.2, 0.25) is 0 Å². The number of hydrogen-bond acceptors (Lipinski definition) is 5. The summed E-state index contributed by atoms with van der Waals surface area (Å²) in [5, 5.41) is 0. The molecule has 3 aromatic heterocycles. The van der Waals surface area contributed by atoms with Gasteiger partial charge in [-0.3, -0.25) is 9.88 Å². The van der Waals surface area contributed by atoms with Crippen LogP contribution in [0.5, 0.6) is 0 Å². The minimum atomic E-state index is 0.138. The van der Waals surface area contributed by atoms with Gasteiger partial charge in [-0.25, -0.2) is 9.97 Å². The summed E-state index contributed by atoms with van der Waals surface area (Å²) in [6.07, 6.45) is 6.89. The molecule has 5 rings (SSSR count). The van der Waals surface area contributed by atoms with Gasteiger partial charge in [0.05, 0.1) is 35.3 Å². The topological polar surface area (TPSA) is 76.7 Å². The molecule has 34 heavy (non-hydrogen) atoms. The van der Waals surface area contributed by atoms with Crippen molar-refractivity contribution >= 4 is 16.7 Å². The molecule has 0 radical (unpaired) electrons. The number of benzene rings is 1. The number of H-pyrrole nitrogens is 2. The number of piperazine rings is 1. The van der Waals surface area contributed by atoms with Crippen LogP contribution in [-0.4, -0.2) is 56.0 Å². The summed E-state index contributed by atoms with van der Waals surface area (Å²) in [7, 11) is 0. The Kier molecular flexibility index (Phi) is 5.90. The van der Waals surface area contributed by atoms with Crippen LogP contribution < -0.4 is 4.90 Å². The van der Waals surface area contributed by atoms with Gasteiger partial charge in [0.15, 0.2) is 0 Å². The summed E-state index contributed by atoms with van der Waals surface area (Å²) in [4.78, 5) is 25.8. The van der Waals surface area contributed by atoms with Gasteiger partial charge in [0.1, 0.15) is 17.2 Å². The SMILES string of the molecule is CCC(c1cnc(C)[nH]1)N1CCN(c2cncc3[nH]c(-c4ccc(C(C)(C)C)cc4)nc23)CC1. The van der Waals surface area contributed by atoms with Gasteiger partial charge in [-0.1, -0.05) is 52.0 Å². The summed E-state index contributed by atoms with van der Waals surface area (Å²) in [5.41, 5.74) is 6.86. The van der Waals surface area contributed by atoms with Crippen molar-refractivity contribution in [2.45, 2.75) is 52.5 Å². The van der Waals surface area contributed by atoms with Crippen LogP contribution in [0.1, 0.15) is 57.2 Å². The Balaban J connectivity index is 1.35. The summed E-state index contributed by atoms with van der Waals surface area (Å²) in [6, 6.07) is 9.10. The molecule has 0 bridgehead atoms. The molecule has 0 spiro atoms. The molecule has 1 aliphatic rings. The van der Waals surface area contributed by atoms with E-state index in [-0.39, 0.29) is 5.41 Å². The molecule has 1 atom stereocenters. The third kappa shape index (κ3) is 4.32. The summed E-state index contributed by atoms with van der Waals surface area (Å²) >= 11 is 0. The maximum Gasteiger partial charge on any atom is 0.138 e. The molecule has 1 unspecified atom stereocenters. The van der Waals surface area contributed by atoms with Crippen molar-refractivity contribution in [2.24, 2.45) is 0 Å². The zero-order valence-corrected chi connectivity index (χ0v) is 20.9. The van der Waals surface area contributed by atoms with Gasteiger partial charge >= 0.3 is 0 Å². The van der Waals surface area contributed by atoms with Gasteiger partial charge in [0.2, 0.25) is 0 Å². The van der Waals surface area contributed by atoms with Crippen molar-refractivity contribution in [3.8, 4) is 11.4 Å². The fourth-order valence-electron chi connectivity index (χ4n) is 4.97. The second-order valence-electron chi connectivity index (χ2n) is 10.3. The average molecular weight is 458 g/mol. The highest BCUT2D eigenvalue weighted by molar-refractivity contribution is 5.90. The minimum absolute atomic E-state index is 0.138. The van der Waals surface area contributed by atoms with E-state index in [0.29, 0.717) is 6.04 Å². The molecule has 7 nitrogen and oxygen atoms in total. The van der Waals surface area contributed by atoms with E-state index in [2.05, 4.69) is 81.7 Å². The molecule has 7 heteroatoms. The molecular weight excluding hydrogens is 422 g/mol. The van der Waals surface area contributed by atoms with Crippen molar-refractivity contribution in [1.29, 1.82) is 0 Å². The van der Waals surface area contributed by atoms with E-state index in [1.807, 2.05) is 25.5 Å². The number of imidazole rings is 2. The van der Waals surface area contributed by atoms with E-state index in [1.54, 1.807) is 0 Å². The summed E-state index contributed by atoms with van der Waals surface area (Å²) in [6.45, 7) is 14.9. The van der Waals surface area contributed by atoms with Crippen LogP contribution in [-0.2, 0) is 5.41 Å². The van der Waals surface area contributed by atoms with E-state index in [9.17, 15) is 0 Å². The molecule has 4 heterocycles. The number of nitrogens with one attached hydrogen (secondary N) is 2. The number of nitrogens with zero attached hydrogens (tertiary/aromatic N) is 5. The highest BCUT2D eigenvalue weighted by atomic mass is 15.3. The first-order chi connectivity index (χ1) is 16.3. The predicted molar refractivity (Wildman–Crippen MR) is 138 cm³/mol. The highest BCUT2D eigenvalue weighted by Crippen LogP contribution is 2.31. The Morgan fingerprint density at radius 3 is 2.32 bits per heavy atom. The molecular formula is C27H35N7. The van der Waals surface area contributed by atoms with E-state index >= 15 is 0 Å². The third-order valence-corrected chi connectivity index (χ3v) is 6.96. The van der Waals surface area contributed by atoms with Crippen molar-refractivity contribution in [2.75, 3.05) is 31.1 Å². The van der Waals surface area contributed by atoms with E-state index < -0.39 is 0 Å². The van der Waals surface area contributed by atoms with Gasteiger partial charge in [-0.05, 0) is 24.3 Å². The monoisotopic (exact) mass is 457 g/mol. The van der Waals surface area contributed by atoms with Gasteiger partial charge in [0, 0.05) is 37.9 Å². The molecule has 1 aromatic carbocycles. The molecule has 1 aliphatic heterocycles.